The van der Waals surface area contributed by atoms with E-state index in [0.717, 1.165) is 4.90 Å². The Hall–Kier alpha value is -3.03. The van der Waals surface area contributed by atoms with Crippen molar-refractivity contribution in [1.82, 2.24) is 14.2 Å². The zero-order chi connectivity index (χ0) is 21.4. The number of carbonyl (C=O) groups is 2. The van der Waals surface area contributed by atoms with Crippen molar-refractivity contribution in [3.05, 3.63) is 36.0 Å². The maximum absolute atomic E-state index is 13.4. The van der Waals surface area contributed by atoms with Gasteiger partial charge < -0.3 is 4.90 Å². The smallest absolute Gasteiger partial charge is 0.306 e. The molecule has 2 aromatic rings. The van der Waals surface area contributed by atoms with Crippen LogP contribution in [0.25, 0.3) is 10.9 Å². The Labute approximate surface area is 173 Å². The standard InChI is InChI=1S/C20H19N5O4S/c1-11(2)30(28,29)23-10-13-8-16(23)18-19(26)25(20(27)24(13)18)15-6-5-12(9-21)17-14(15)4-3-7-22-17/h3-7,11,13,16,18H,8,10H2,1-2H3/t13-,16?,18?/m1/s1. The van der Waals surface area contributed by atoms with Crippen LogP contribution in [0.15, 0.2) is 30.5 Å². The molecule has 0 radical (unpaired) electrons. The summed E-state index contributed by atoms with van der Waals surface area (Å²) in [5, 5.41) is 9.28. The van der Waals surface area contributed by atoms with Crippen LogP contribution in [0.3, 0.4) is 0 Å². The molecule has 10 heteroatoms. The molecule has 2 bridgehead atoms. The average Bonchev–Trinajstić information content (AvgIpc) is 3.39. The number of nitriles is 1. The summed E-state index contributed by atoms with van der Waals surface area (Å²) in [5.41, 5.74) is 1.12. The molecule has 1 aromatic carbocycles. The lowest BCUT2D eigenvalue weighted by Gasteiger charge is -2.34. The van der Waals surface area contributed by atoms with E-state index in [0.29, 0.717) is 28.6 Å². The van der Waals surface area contributed by atoms with Crippen LogP contribution in [0.5, 0.6) is 0 Å². The maximum atomic E-state index is 13.4. The number of hydrogen-bond donors (Lipinski definition) is 0. The van der Waals surface area contributed by atoms with Gasteiger partial charge in [-0.15, -0.1) is 0 Å². The zero-order valence-corrected chi connectivity index (χ0v) is 17.2. The highest BCUT2D eigenvalue weighted by atomic mass is 32.2. The lowest BCUT2D eigenvalue weighted by atomic mass is 10.1. The summed E-state index contributed by atoms with van der Waals surface area (Å²) in [6, 6.07) is 6.43. The summed E-state index contributed by atoms with van der Waals surface area (Å²) < 4.78 is 26.9. The number of amides is 3. The lowest BCUT2D eigenvalue weighted by Crippen LogP contribution is -2.55. The lowest BCUT2D eigenvalue weighted by molar-refractivity contribution is -0.120. The number of nitrogens with zero attached hydrogens (tertiary/aromatic N) is 5. The predicted molar refractivity (Wildman–Crippen MR) is 108 cm³/mol. The third-order valence-electron chi connectivity index (χ3n) is 6.25. The highest BCUT2D eigenvalue weighted by Gasteiger charge is 2.64. The van der Waals surface area contributed by atoms with Gasteiger partial charge in [0.05, 0.1) is 28.1 Å². The third kappa shape index (κ3) is 2.30. The van der Waals surface area contributed by atoms with Crippen molar-refractivity contribution in [1.29, 1.82) is 5.26 Å². The Morgan fingerprint density at radius 3 is 2.70 bits per heavy atom. The maximum Gasteiger partial charge on any atom is 0.332 e. The number of carbonyl (C=O) groups excluding carboxylic acids is 2. The number of sulfonamides is 1. The van der Waals surface area contributed by atoms with Crippen LogP contribution >= 0.6 is 0 Å². The molecular formula is C20H19N5O4S. The van der Waals surface area contributed by atoms with Crippen LogP contribution < -0.4 is 4.90 Å². The van der Waals surface area contributed by atoms with E-state index in [-0.39, 0.29) is 12.6 Å². The molecule has 0 aliphatic carbocycles. The molecule has 3 atom stereocenters. The Bertz CT molecular complexity index is 1250. The molecule has 5 rings (SSSR count). The molecule has 3 saturated heterocycles. The number of piperazine rings is 1. The first-order valence-corrected chi connectivity index (χ1v) is 11.2. The monoisotopic (exact) mass is 425 g/mol. The van der Waals surface area contributed by atoms with Crippen molar-refractivity contribution in [3.63, 3.8) is 0 Å². The fourth-order valence-corrected chi connectivity index (χ4v) is 6.34. The van der Waals surface area contributed by atoms with E-state index in [1.807, 2.05) is 0 Å². The quantitative estimate of drug-likeness (QED) is 0.688. The van der Waals surface area contributed by atoms with Crippen molar-refractivity contribution in [2.24, 2.45) is 0 Å². The molecule has 3 amide bonds. The number of rotatable bonds is 3. The zero-order valence-electron chi connectivity index (χ0n) is 16.4. The first-order valence-electron chi connectivity index (χ1n) is 9.72. The molecule has 3 fully saturated rings. The topological polar surface area (TPSA) is 115 Å². The minimum absolute atomic E-state index is 0.213. The molecule has 1 aromatic heterocycles. The van der Waals surface area contributed by atoms with Gasteiger partial charge in [-0.05, 0) is 44.5 Å². The fraction of sp³-hybridized carbons (Fsp3) is 0.400. The summed E-state index contributed by atoms with van der Waals surface area (Å²) in [6.45, 7) is 3.44. The van der Waals surface area contributed by atoms with Gasteiger partial charge in [0.2, 0.25) is 10.0 Å². The minimum Gasteiger partial charge on any atom is -0.306 e. The summed E-state index contributed by atoms with van der Waals surface area (Å²) in [4.78, 5) is 33.5. The van der Waals surface area contributed by atoms with Gasteiger partial charge in [-0.1, -0.05) is 0 Å². The molecule has 0 saturated carbocycles. The number of hydrogen-bond acceptors (Lipinski definition) is 6. The molecular weight excluding hydrogens is 406 g/mol. The van der Waals surface area contributed by atoms with E-state index in [9.17, 15) is 23.3 Å². The number of fused-ring (bicyclic) bond motifs is 6. The summed E-state index contributed by atoms with van der Waals surface area (Å²) in [7, 11) is -3.53. The normalized spacial score (nSPS) is 26.1. The van der Waals surface area contributed by atoms with Gasteiger partial charge >= 0.3 is 6.03 Å². The number of anilines is 1. The molecule has 2 unspecified atom stereocenters. The molecule has 30 heavy (non-hydrogen) atoms. The third-order valence-corrected chi connectivity index (χ3v) is 8.51. The van der Waals surface area contributed by atoms with Crippen molar-refractivity contribution < 1.29 is 18.0 Å². The van der Waals surface area contributed by atoms with E-state index in [1.165, 1.54) is 9.21 Å². The number of benzene rings is 1. The van der Waals surface area contributed by atoms with Crippen LogP contribution in [0.1, 0.15) is 25.8 Å². The second-order valence-corrected chi connectivity index (χ2v) is 10.5. The van der Waals surface area contributed by atoms with Crippen LogP contribution in [0.4, 0.5) is 10.5 Å². The van der Waals surface area contributed by atoms with Gasteiger partial charge in [-0.3, -0.25) is 9.78 Å². The predicted octanol–water partition coefficient (Wildman–Crippen LogP) is 1.44. The number of urea groups is 1. The highest BCUT2D eigenvalue weighted by molar-refractivity contribution is 7.89. The number of aromatic nitrogens is 1. The van der Waals surface area contributed by atoms with Crippen molar-refractivity contribution in [2.75, 3.05) is 11.4 Å². The second kappa shape index (κ2) is 6.23. The molecule has 3 aliphatic heterocycles. The second-order valence-electron chi connectivity index (χ2n) is 8.07. The summed E-state index contributed by atoms with van der Waals surface area (Å²) in [5.74, 6) is -0.439. The van der Waals surface area contributed by atoms with Crippen LogP contribution in [-0.2, 0) is 14.8 Å². The highest BCUT2D eigenvalue weighted by Crippen LogP contribution is 2.44. The summed E-state index contributed by atoms with van der Waals surface area (Å²) in [6.07, 6.45) is 2.02. The van der Waals surface area contributed by atoms with E-state index >= 15 is 0 Å². The first-order chi connectivity index (χ1) is 14.3. The molecule has 154 valence electrons. The van der Waals surface area contributed by atoms with Crippen LogP contribution in [-0.4, -0.2) is 64.5 Å². The fourth-order valence-electron chi connectivity index (χ4n) is 4.84. The van der Waals surface area contributed by atoms with Crippen molar-refractivity contribution in [2.45, 2.75) is 43.6 Å². The average molecular weight is 425 g/mol. The SMILES string of the molecule is CC(C)S(=O)(=O)N1C[C@H]2CC1C1C(=O)N(c3ccc(C#N)c4ncccc34)C(=O)N12. The molecule has 4 heterocycles. The number of pyridine rings is 1. The van der Waals surface area contributed by atoms with E-state index in [4.69, 9.17) is 0 Å². The Balaban J connectivity index is 1.58. The van der Waals surface area contributed by atoms with Crippen LogP contribution in [0, 0.1) is 11.3 Å². The van der Waals surface area contributed by atoms with Gasteiger partial charge in [0.25, 0.3) is 5.91 Å². The molecule has 9 nitrogen and oxygen atoms in total. The van der Waals surface area contributed by atoms with Gasteiger partial charge in [0, 0.05) is 24.2 Å². The van der Waals surface area contributed by atoms with Gasteiger partial charge in [-0.25, -0.2) is 18.1 Å². The molecule has 0 N–H and O–H groups in total. The Morgan fingerprint density at radius 2 is 2.00 bits per heavy atom. The minimum atomic E-state index is -3.53. The van der Waals surface area contributed by atoms with Gasteiger partial charge in [-0.2, -0.15) is 9.57 Å². The molecule has 0 spiro atoms. The Morgan fingerprint density at radius 1 is 1.23 bits per heavy atom. The van der Waals surface area contributed by atoms with Crippen molar-refractivity contribution >= 4 is 38.6 Å². The van der Waals surface area contributed by atoms with Gasteiger partial charge in [0.1, 0.15) is 12.1 Å². The Kier molecular flexibility index (Phi) is 3.94. The van der Waals surface area contributed by atoms with E-state index in [1.54, 1.807) is 44.3 Å². The van der Waals surface area contributed by atoms with Gasteiger partial charge in [0.15, 0.2) is 0 Å². The summed E-state index contributed by atoms with van der Waals surface area (Å²) >= 11 is 0. The first kappa shape index (κ1) is 19.0. The largest absolute Gasteiger partial charge is 0.332 e. The van der Waals surface area contributed by atoms with Crippen LogP contribution in [0.2, 0.25) is 0 Å². The molecule has 3 aliphatic rings. The van der Waals surface area contributed by atoms with E-state index < -0.39 is 39.3 Å². The van der Waals surface area contributed by atoms with Crippen molar-refractivity contribution in [3.8, 4) is 6.07 Å². The number of imide groups is 1. The van der Waals surface area contributed by atoms with E-state index in [2.05, 4.69) is 11.1 Å².